The largest absolute Gasteiger partial charge is 0.460 e. The summed E-state index contributed by atoms with van der Waals surface area (Å²) in [5.41, 5.74) is 0.930. The maximum absolute atomic E-state index is 12.6. The van der Waals surface area contributed by atoms with Gasteiger partial charge in [-0.3, -0.25) is 14.5 Å². The molecule has 1 aliphatic heterocycles. The van der Waals surface area contributed by atoms with Gasteiger partial charge in [0.05, 0.1) is 6.54 Å². The van der Waals surface area contributed by atoms with Gasteiger partial charge in [0.2, 0.25) is 5.91 Å². The highest BCUT2D eigenvalue weighted by molar-refractivity contribution is 5.83. The Morgan fingerprint density at radius 1 is 0.758 bits per heavy atom. The molecule has 0 saturated carbocycles. The molecule has 186 valence electrons. The van der Waals surface area contributed by atoms with Gasteiger partial charge in [0.15, 0.2) is 0 Å². The van der Waals surface area contributed by atoms with Gasteiger partial charge in [-0.15, -0.1) is 0 Å². The van der Waals surface area contributed by atoms with Crippen molar-refractivity contribution in [1.82, 2.24) is 24.9 Å². The van der Waals surface area contributed by atoms with Gasteiger partial charge in [-0.2, -0.15) is 0 Å². The summed E-state index contributed by atoms with van der Waals surface area (Å²) in [6.07, 6.45) is 0. The average molecular weight is 462 g/mol. The summed E-state index contributed by atoms with van der Waals surface area (Å²) in [4.78, 5) is 34.2. The number of ether oxygens (including phenoxy) is 1. The summed E-state index contributed by atoms with van der Waals surface area (Å²) >= 11 is 0. The third-order valence-corrected chi connectivity index (χ3v) is 6.31. The second-order valence-electron chi connectivity index (χ2n) is 8.50. The summed E-state index contributed by atoms with van der Waals surface area (Å²) in [5, 5.41) is 2.73. The van der Waals surface area contributed by atoms with E-state index in [0.29, 0.717) is 6.54 Å². The van der Waals surface area contributed by atoms with E-state index < -0.39 is 5.97 Å². The van der Waals surface area contributed by atoms with E-state index in [1.807, 2.05) is 30.3 Å². The van der Waals surface area contributed by atoms with Crippen molar-refractivity contribution in [3.8, 4) is 0 Å². The van der Waals surface area contributed by atoms with Crippen LogP contribution in [0.3, 0.4) is 0 Å². The topological polar surface area (TPSA) is 68.4 Å². The molecule has 2 rings (SSSR count). The van der Waals surface area contributed by atoms with Gasteiger partial charge in [0.25, 0.3) is 0 Å². The first kappa shape index (κ1) is 27.2. The minimum atomic E-state index is -0.421. The average Bonchev–Trinajstić information content (AvgIpc) is 2.84. The van der Waals surface area contributed by atoms with Crippen molar-refractivity contribution in [3.05, 3.63) is 35.9 Å². The molecule has 0 unspecified atom stereocenters. The molecule has 0 radical (unpaired) electrons. The smallest absolute Gasteiger partial charge is 0.325 e. The number of rotatable bonds is 9. The van der Waals surface area contributed by atoms with Crippen molar-refractivity contribution in [2.75, 3.05) is 85.1 Å². The van der Waals surface area contributed by atoms with Gasteiger partial charge in [-0.1, -0.05) is 51.1 Å². The van der Waals surface area contributed by atoms with Crippen LogP contribution in [0.25, 0.3) is 0 Å². The Balaban J connectivity index is 1.82. The lowest BCUT2D eigenvalue weighted by molar-refractivity contribution is -0.145. The fourth-order valence-electron chi connectivity index (χ4n) is 3.90. The highest BCUT2D eigenvalue weighted by Crippen LogP contribution is 2.02. The SMILES string of the molecule is CCN1CCN(CC)CCN(CC(=O)NCC(=O)OCc2ccccc2)CCN(CC)CC1. The molecule has 8 heteroatoms. The zero-order chi connectivity index (χ0) is 23.9. The molecule has 33 heavy (non-hydrogen) atoms. The number of esters is 1. The van der Waals surface area contributed by atoms with Crippen molar-refractivity contribution in [2.45, 2.75) is 27.4 Å². The number of likely N-dealkylation sites (N-methyl/N-ethyl adjacent to an activating group) is 3. The van der Waals surface area contributed by atoms with E-state index in [-0.39, 0.29) is 19.1 Å². The van der Waals surface area contributed by atoms with E-state index in [2.05, 4.69) is 45.7 Å². The molecule has 1 N–H and O–H groups in total. The number of amides is 1. The lowest BCUT2D eigenvalue weighted by Crippen LogP contribution is -2.48. The van der Waals surface area contributed by atoms with Crippen LogP contribution in [0.15, 0.2) is 30.3 Å². The number of hydrogen-bond donors (Lipinski definition) is 1. The Morgan fingerprint density at radius 3 is 1.67 bits per heavy atom. The molecule has 1 fully saturated rings. The number of carbonyl (C=O) groups excluding carboxylic acids is 2. The summed E-state index contributed by atoms with van der Waals surface area (Å²) in [7, 11) is 0. The fraction of sp³-hybridized carbons (Fsp3) is 0.680. The van der Waals surface area contributed by atoms with Crippen molar-refractivity contribution >= 4 is 11.9 Å². The number of benzene rings is 1. The van der Waals surface area contributed by atoms with Crippen LogP contribution < -0.4 is 5.32 Å². The third kappa shape index (κ3) is 11.1. The Labute approximate surface area is 199 Å². The quantitative estimate of drug-likeness (QED) is 0.553. The first-order valence-corrected chi connectivity index (χ1v) is 12.4. The fourth-order valence-corrected chi connectivity index (χ4v) is 3.90. The normalized spacial score (nSPS) is 18.3. The monoisotopic (exact) mass is 461 g/mol. The highest BCUT2D eigenvalue weighted by atomic mass is 16.5. The molecular formula is C25H43N5O3. The Kier molecular flexibility index (Phi) is 13.0. The van der Waals surface area contributed by atoms with Gasteiger partial charge in [0.1, 0.15) is 13.2 Å². The van der Waals surface area contributed by atoms with Crippen molar-refractivity contribution in [2.24, 2.45) is 0 Å². The highest BCUT2D eigenvalue weighted by Gasteiger charge is 2.17. The summed E-state index contributed by atoms with van der Waals surface area (Å²) in [6.45, 7) is 17.9. The molecule has 1 saturated heterocycles. The Hall–Kier alpha value is -2.00. The van der Waals surface area contributed by atoms with E-state index in [1.54, 1.807) is 0 Å². The second kappa shape index (κ2) is 15.8. The van der Waals surface area contributed by atoms with Gasteiger partial charge in [-0.05, 0) is 25.2 Å². The molecule has 1 aromatic rings. The van der Waals surface area contributed by atoms with E-state index in [1.165, 1.54) is 0 Å². The molecule has 0 aliphatic carbocycles. The first-order valence-electron chi connectivity index (χ1n) is 12.4. The van der Waals surface area contributed by atoms with Gasteiger partial charge in [0, 0.05) is 52.4 Å². The Bertz CT molecular complexity index is 668. The van der Waals surface area contributed by atoms with Crippen LogP contribution in [-0.4, -0.2) is 117 Å². The molecule has 1 aromatic carbocycles. The van der Waals surface area contributed by atoms with E-state index in [0.717, 1.165) is 77.6 Å². The zero-order valence-electron chi connectivity index (χ0n) is 20.8. The minimum Gasteiger partial charge on any atom is -0.460 e. The summed E-state index contributed by atoms with van der Waals surface area (Å²) < 4.78 is 5.25. The molecule has 1 aliphatic rings. The van der Waals surface area contributed by atoms with Crippen LogP contribution in [0.1, 0.15) is 26.3 Å². The van der Waals surface area contributed by atoms with E-state index >= 15 is 0 Å². The van der Waals surface area contributed by atoms with Crippen LogP contribution in [0.2, 0.25) is 0 Å². The molecule has 0 bridgehead atoms. The summed E-state index contributed by atoms with van der Waals surface area (Å²) in [5.74, 6) is -0.558. The Morgan fingerprint density at radius 2 is 1.21 bits per heavy atom. The lowest BCUT2D eigenvalue weighted by Gasteiger charge is -2.33. The first-order chi connectivity index (χ1) is 16.0. The van der Waals surface area contributed by atoms with E-state index in [9.17, 15) is 9.59 Å². The van der Waals surface area contributed by atoms with Gasteiger partial charge >= 0.3 is 5.97 Å². The van der Waals surface area contributed by atoms with E-state index in [4.69, 9.17) is 4.74 Å². The predicted molar refractivity (Wildman–Crippen MR) is 132 cm³/mol. The van der Waals surface area contributed by atoms with Crippen LogP contribution in [0.4, 0.5) is 0 Å². The van der Waals surface area contributed by atoms with Crippen molar-refractivity contribution in [1.29, 1.82) is 0 Å². The maximum Gasteiger partial charge on any atom is 0.325 e. The lowest BCUT2D eigenvalue weighted by atomic mass is 10.2. The standard InChI is InChI=1S/C25H43N5O3/c1-4-27-12-14-28(5-2)16-18-30(19-17-29(6-3)15-13-27)21-24(31)26-20-25(32)33-22-23-10-8-7-9-11-23/h7-11H,4-6,12-22H2,1-3H3,(H,26,31). The predicted octanol–water partition coefficient (Wildman–Crippen LogP) is 1.13. The second-order valence-corrected chi connectivity index (χ2v) is 8.50. The summed E-state index contributed by atoms with van der Waals surface area (Å²) in [6, 6.07) is 9.54. The number of hydrogen-bond acceptors (Lipinski definition) is 7. The van der Waals surface area contributed by atoms with Crippen molar-refractivity contribution in [3.63, 3.8) is 0 Å². The molecule has 8 nitrogen and oxygen atoms in total. The number of carbonyl (C=O) groups is 2. The van der Waals surface area contributed by atoms with Gasteiger partial charge < -0.3 is 24.8 Å². The minimum absolute atomic E-state index is 0.103. The third-order valence-electron chi connectivity index (χ3n) is 6.31. The van der Waals surface area contributed by atoms with Crippen LogP contribution in [-0.2, 0) is 20.9 Å². The molecule has 0 aromatic heterocycles. The van der Waals surface area contributed by atoms with Crippen molar-refractivity contribution < 1.29 is 14.3 Å². The van der Waals surface area contributed by atoms with Crippen LogP contribution in [0, 0.1) is 0 Å². The molecular weight excluding hydrogens is 418 g/mol. The molecule has 0 spiro atoms. The molecule has 1 amide bonds. The number of nitrogens with one attached hydrogen (secondary N) is 1. The number of nitrogens with zero attached hydrogens (tertiary/aromatic N) is 4. The molecule has 1 heterocycles. The maximum atomic E-state index is 12.6. The van der Waals surface area contributed by atoms with Crippen LogP contribution in [0.5, 0.6) is 0 Å². The van der Waals surface area contributed by atoms with Crippen LogP contribution >= 0.6 is 0 Å². The zero-order valence-corrected chi connectivity index (χ0v) is 20.8. The van der Waals surface area contributed by atoms with Gasteiger partial charge in [-0.25, -0.2) is 0 Å². The molecule has 0 atom stereocenters.